The van der Waals surface area contributed by atoms with E-state index in [-0.39, 0.29) is 17.8 Å². The smallest absolute Gasteiger partial charge is 0.315 e. The Balaban J connectivity index is 1.79. The number of nitrogens with zero attached hydrogens (tertiary/aromatic N) is 2. The highest BCUT2D eigenvalue weighted by molar-refractivity contribution is 5.71. The molecule has 1 fully saturated rings. The molecule has 3 rings (SSSR count). The molecular formula is C15H16N2O3. The predicted molar refractivity (Wildman–Crippen MR) is 71.1 cm³/mol. The van der Waals surface area contributed by atoms with Crippen LogP contribution in [0.2, 0.25) is 0 Å². The van der Waals surface area contributed by atoms with Gasteiger partial charge in [0.1, 0.15) is 6.42 Å². The van der Waals surface area contributed by atoms with Crippen LogP contribution in [0.1, 0.15) is 37.0 Å². The van der Waals surface area contributed by atoms with E-state index in [2.05, 4.69) is 22.3 Å². The van der Waals surface area contributed by atoms with Crippen LogP contribution in [0.5, 0.6) is 0 Å². The molecule has 0 atom stereocenters. The van der Waals surface area contributed by atoms with Gasteiger partial charge in [-0.15, -0.1) is 0 Å². The van der Waals surface area contributed by atoms with Crippen molar-refractivity contribution in [2.75, 3.05) is 6.61 Å². The molecule has 1 aromatic heterocycles. The summed E-state index contributed by atoms with van der Waals surface area (Å²) in [5, 5.41) is 4.05. The van der Waals surface area contributed by atoms with E-state index < -0.39 is 0 Å². The van der Waals surface area contributed by atoms with Crippen molar-refractivity contribution in [2.45, 2.75) is 31.6 Å². The Kier molecular flexibility index (Phi) is 3.26. The predicted octanol–water partition coefficient (Wildman–Crippen LogP) is 2.26. The molecule has 0 spiro atoms. The van der Waals surface area contributed by atoms with E-state index >= 15 is 0 Å². The minimum Gasteiger partial charge on any atom is -0.466 e. The van der Waals surface area contributed by atoms with Crippen molar-refractivity contribution in [2.24, 2.45) is 0 Å². The molecular weight excluding hydrogens is 256 g/mol. The number of esters is 1. The van der Waals surface area contributed by atoms with Crippen LogP contribution in [0.15, 0.2) is 34.9 Å². The van der Waals surface area contributed by atoms with E-state index in [1.165, 1.54) is 5.56 Å². The monoisotopic (exact) mass is 272 g/mol. The maximum atomic E-state index is 11.4. The first-order chi connectivity index (χ1) is 9.74. The van der Waals surface area contributed by atoms with Gasteiger partial charge in [-0.25, -0.2) is 0 Å². The van der Waals surface area contributed by atoms with Crippen LogP contribution in [0.3, 0.4) is 0 Å². The molecule has 5 nitrogen and oxygen atoms in total. The fourth-order valence-electron chi connectivity index (χ4n) is 2.38. The average molecular weight is 272 g/mol. The summed E-state index contributed by atoms with van der Waals surface area (Å²) >= 11 is 0. The third-order valence-corrected chi connectivity index (χ3v) is 3.57. The Morgan fingerprint density at radius 2 is 2.10 bits per heavy atom. The number of ether oxygens (including phenoxy) is 1. The van der Waals surface area contributed by atoms with E-state index in [0.717, 1.165) is 12.8 Å². The molecule has 0 amide bonds. The third-order valence-electron chi connectivity index (χ3n) is 3.57. The quantitative estimate of drug-likeness (QED) is 0.781. The van der Waals surface area contributed by atoms with Crippen LogP contribution < -0.4 is 0 Å². The zero-order valence-electron chi connectivity index (χ0n) is 11.3. The Hall–Kier alpha value is -2.17. The molecule has 104 valence electrons. The van der Waals surface area contributed by atoms with Crippen molar-refractivity contribution in [1.29, 1.82) is 0 Å². The summed E-state index contributed by atoms with van der Waals surface area (Å²) in [6.45, 7) is 2.12. The Morgan fingerprint density at radius 1 is 1.35 bits per heavy atom. The van der Waals surface area contributed by atoms with Gasteiger partial charge in [-0.3, -0.25) is 4.79 Å². The summed E-state index contributed by atoms with van der Waals surface area (Å²) in [5.74, 6) is 0.649. The summed E-state index contributed by atoms with van der Waals surface area (Å²) in [7, 11) is 0. The van der Waals surface area contributed by atoms with Crippen molar-refractivity contribution in [1.82, 2.24) is 10.1 Å². The largest absolute Gasteiger partial charge is 0.466 e. The second-order valence-corrected chi connectivity index (χ2v) is 4.94. The minimum atomic E-state index is -0.341. The number of carbonyl (C=O) groups is 1. The van der Waals surface area contributed by atoms with E-state index in [4.69, 9.17) is 9.26 Å². The third kappa shape index (κ3) is 2.31. The maximum absolute atomic E-state index is 11.4. The van der Waals surface area contributed by atoms with E-state index in [1.54, 1.807) is 6.92 Å². The van der Waals surface area contributed by atoms with Gasteiger partial charge >= 0.3 is 5.97 Å². The Labute approximate surface area is 116 Å². The van der Waals surface area contributed by atoms with Crippen LogP contribution >= 0.6 is 0 Å². The SMILES string of the molecule is CCOC(=O)Cc1nc(C2(c3ccccc3)CC2)no1. The summed E-state index contributed by atoms with van der Waals surface area (Å²) in [5.41, 5.74) is 1.07. The lowest BCUT2D eigenvalue weighted by molar-refractivity contribution is -0.142. The first-order valence-corrected chi connectivity index (χ1v) is 6.79. The van der Waals surface area contributed by atoms with Crippen molar-refractivity contribution < 1.29 is 14.1 Å². The lowest BCUT2D eigenvalue weighted by Gasteiger charge is -2.09. The zero-order chi connectivity index (χ0) is 14.0. The summed E-state index contributed by atoms with van der Waals surface area (Å²) in [6, 6.07) is 10.2. The molecule has 0 radical (unpaired) electrons. The van der Waals surface area contributed by atoms with Gasteiger partial charge in [-0.05, 0) is 25.3 Å². The topological polar surface area (TPSA) is 65.2 Å². The molecule has 1 aliphatic carbocycles. The van der Waals surface area contributed by atoms with Gasteiger partial charge in [0.05, 0.1) is 12.0 Å². The van der Waals surface area contributed by atoms with Gasteiger partial charge in [0, 0.05) is 0 Å². The summed E-state index contributed by atoms with van der Waals surface area (Å²) < 4.78 is 10.0. The molecule has 1 aromatic carbocycles. The maximum Gasteiger partial charge on any atom is 0.315 e. The molecule has 5 heteroatoms. The molecule has 1 heterocycles. The first kappa shape index (κ1) is 12.8. The lowest BCUT2D eigenvalue weighted by Crippen LogP contribution is -2.11. The molecule has 0 bridgehead atoms. The van der Waals surface area contributed by atoms with E-state index in [9.17, 15) is 4.79 Å². The molecule has 0 N–H and O–H groups in total. The normalized spacial score (nSPS) is 15.8. The second kappa shape index (κ2) is 5.07. The van der Waals surface area contributed by atoms with Crippen LogP contribution in [0.25, 0.3) is 0 Å². The fraction of sp³-hybridized carbons (Fsp3) is 0.400. The second-order valence-electron chi connectivity index (χ2n) is 4.94. The summed E-state index contributed by atoms with van der Waals surface area (Å²) in [6.07, 6.45) is 2.05. The van der Waals surface area contributed by atoms with Crippen LogP contribution in [0, 0.1) is 0 Å². The van der Waals surface area contributed by atoms with Crippen molar-refractivity contribution in [3.8, 4) is 0 Å². The molecule has 1 saturated carbocycles. The average Bonchev–Trinajstić information content (AvgIpc) is 3.15. The van der Waals surface area contributed by atoms with Gasteiger partial charge in [-0.1, -0.05) is 35.5 Å². The van der Waals surface area contributed by atoms with E-state index in [1.807, 2.05) is 18.2 Å². The number of hydrogen-bond donors (Lipinski definition) is 0. The molecule has 0 unspecified atom stereocenters. The highest BCUT2D eigenvalue weighted by Gasteiger charge is 2.49. The molecule has 20 heavy (non-hydrogen) atoms. The number of rotatable bonds is 5. The number of aromatic nitrogens is 2. The van der Waals surface area contributed by atoms with Crippen LogP contribution in [-0.4, -0.2) is 22.7 Å². The first-order valence-electron chi connectivity index (χ1n) is 6.79. The minimum absolute atomic E-state index is 0.0334. The van der Waals surface area contributed by atoms with Gasteiger partial charge in [0.15, 0.2) is 5.82 Å². The molecule has 1 aliphatic rings. The number of benzene rings is 1. The van der Waals surface area contributed by atoms with Gasteiger partial charge in [0.25, 0.3) is 0 Å². The standard InChI is InChI=1S/C15H16N2O3/c1-2-19-13(18)10-12-16-14(17-20-12)15(8-9-15)11-6-4-3-5-7-11/h3-7H,2,8-10H2,1H3. The van der Waals surface area contributed by atoms with Crippen molar-refractivity contribution in [3.05, 3.63) is 47.6 Å². The van der Waals surface area contributed by atoms with E-state index in [0.29, 0.717) is 18.3 Å². The Morgan fingerprint density at radius 3 is 2.75 bits per heavy atom. The molecule has 2 aromatic rings. The highest BCUT2D eigenvalue weighted by Crippen LogP contribution is 2.52. The van der Waals surface area contributed by atoms with Crippen molar-refractivity contribution in [3.63, 3.8) is 0 Å². The zero-order valence-corrected chi connectivity index (χ0v) is 11.3. The van der Waals surface area contributed by atoms with Gasteiger partial charge in [0.2, 0.25) is 5.89 Å². The van der Waals surface area contributed by atoms with Gasteiger partial charge in [-0.2, -0.15) is 4.98 Å². The van der Waals surface area contributed by atoms with Crippen molar-refractivity contribution >= 4 is 5.97 Å². The summed E-state index contributed by atoms with van der Waals surface area (Å²) in [4.78, 5) is 15.8. The Bertz CT molecular complexity index is 603. The molecule has 0 aliphatic heterocycles. The highest BCUT2D eigenvalue weighted by atomic mass is 16.5. The number of carbonyl (C=O) groups excluding carboxylic acids is 1. The van der Waals surface area contributed by atoms with Crippen LogP contribution in [-0.2, 0) is 21.4 Å². The molecule has 0 saturated heterocycles. The fourth-order valence-corrected chi connectivity index (χ4v) is 2.38. The number of hydrogen-bond acceptors (Lipinski definition) is 5. The van der Waals surface area contributed by atoms with Crippen LogP contribution in [0.4, 0.5) is 0 Å². The lowest BCUT2D eigenvalue weighted by atomic mass is 9.95. The van der Waals surface area contributed by atoms with Gasteiger partial charge < -0.3 is 9.26 Å².